The van der Waals surface area contributed by atoms with E-state index in [0.29, 0.717) is 107 Å². The van der Waals surface area contributed by atoms with E-state index in [1.807, 2.05) is 41.5 Å². The summed E-state index contributed by atoms with van der Waals surface area (Å²) in [5.74, 6) is 14.7. The Hall–Kier alpha value is -2.28. The van der Waals surface area contributed by atoms with Crippen LogP contribution in [0.5, 0.6) is 0 Å². The number of ether oxygens (including phenoxy) is 4. The zero-order valence-electron chi connectivity index (χ0n) is 56.9. The van der Waals surface area contributed by atoms with E-state index in [9.17, 15) is 39.6 Å². The molecular weight excluding hydrogens is 1130 g/mol. The quantitative estimate of drug-likeness (QED) is 0.107. The van der Waals surface area contributed by atoms with Gasteiger partial charge in [-0.25, -0.2) is 0 Å². The second-order valence-electron chi connectivity index (χ2n) is 38.9. The summed E-state index contributed by atoms with van der Waals surface area (Å²) in [5, 5.41) is 44.5. The van der Waals surface area contributed by atoms with Crippen molar-refractivity contribution in [3.8, 4) is 0 Å². The molecule has 32 bridgehead atoms. The predicted molar refractivity (Wildman–Crippen MR) is 337 cm³/mol. The molecule has 12 nitrogen and oxygen atoms in total. The zero-order chi connectivity index (χ0) is 62.9. The first-order valence-electron chi connectivity index (χ1n) is 38.3. The van der Waals surface area contributed by atoms with E-state index in [2.05, 4.69) is 27.7 Å². The number of rotatable bonds is 12. The summed E-state index contributed by atoms with van der Waals surface area (Å²) in [5.41, 5.74) is -3.04. The van der Waals surface area contributed by atoms with Gasteiger partial charge in [0.05, 0.1) is 45.1 Å². The molecule has 4 N–H and O–H groups in total. The second kappa shape index (κ2) is 19.7. The third kappa shape index (κ3) is 8.33. The molecule has 28 aliphatic rings. The molecule has 0 amide bonds. The van der Waals surface area contributed by atoms with Gasteiger partial charge < -0.3 is 39.4 Å². The first kappa shape index (κ1) is 61.3. The van der Waals surface area contributed by atoms with Crippen molar-refractivity contribution in [2.45, 2.75) is 294 Å². The number of hydrogen-bond donors (Lipinski definition) is 4. The van der Waals surface area contributed by atoms with E-state index >= 15 is 0 Å². The van der Waals surface area contributed by atoms with E-state index < -0.39 is 16.6 Å². The minimum absolute atomic E-state index is 0.000451. The van der Waals surface area contributed by atoms with Crippen LogP contribution in [0.4, 0.5) is 0 Å². The Morgan fingerprint density at radius 2 is 0.611 bits per heavy atom. The molecule has 90 heavy (non-hydrogen) atoms. The number of aliphatic hydroxyl groups is 4. The van der Waals surface area contributed by atoms with Crippen molar-refractivity contribution < 1.29 is 58.6 Å². The first-order valence-corrected chi connectivity index (χ1v) is 38.3. The van der Waals surface area contributed by atoms with Crippen molar-refractivity contribution in [1.29, 1.82) is 0 Å². The standard InChI is InChI=1S/2C20H30O3.2C19H28O3/c1-4-18(2,3)17(21)23-20-10-12-5-13-15(20)7-11-8-16(20)14(6-12)19(13,22)9-11;1-4-18(2,3)17(21)23-20-8-14-11-5-19(22)6-12(14)16(10-20)13(7-19)15(11)9-20;1-3-10(2)17(20)22-19-9-12-4-13-15(19)6-11-7-16(19)14(5-12)18(13,21)8-11;1-3-10(2)17(20)22-19-7-14-11-4-18(21)5-12(14)16(9-19)13(6-18)15(11)8-19/h2*11-16,22H,4-10H2,1-3H3;2*10-16,21H,3-9H2,1-2H3. The highest BCUT2D eigenvalue weighted by Crippen LogP contribution is 2.79. The van der Waals surface area contributed by atoms with Gasteiger partial charge in [0.2, 0.25) is 0 Å². The van der Waals surface area contributed by atoms with Crippen LogP contribution in [-0.4, -0.2) is 89.1 Å². The van der Waals surface area contributed by atoms with Crippen LogP contribution in [0.3, 0.4) is 0 Å². The van der Waals surface area contributed by atoms with Crippen molar-refractivity contribution in [3.05, 3.63) is 0 Å². The maximum absolute atomic E-state index is 12.9. The topological polar surface area (TPSA) is 186 Å². The van der Waals surface area contributed by atoms with Crippen LogP contribution in [0, 0.1) is 165 Å². The highest BCUT2D eigenvalue weighted by Gasteiger charge is 2.79. The lowest BCUT2D eigenvalue weighted by molar-refractivity contribution is -0.345. The van der Waals surface area contributed by atoms with Crippen LogP contribution < -0.4 is 0 Å². The van der Waals surface area contributed by atoms with E-state index in [0.717, 1.165) is 164 Å². The molecule has 0 aromatic rings. The Kier molecular flexibility index (Phi) is 13.4. The van der Waals surface area contributed by atoms with Gasteiger partial charge in [-0.1, -0.05) is 41.5 Å². The van der Waals surface area contributed by atoms with Crippen molar-refractivity contribution in [2.75, 3.05) is 0 Å². The van der Waals surface area contributed by atoms with Crippen LogP contribution in [-0.2, 0) is 38.1 Å². The van der Waals surface area contributed by atoms with E-state index in [1.165, 1.54) is 51.4 Å². The van der Waals surface area contributed by atoms with Crippen LogP contribution in [0.25, 0.3) is 0 Å². The molecule has 0 aliphatic heterocycles. The van der Waals surface area contributed by atoms with E-state index in [4.69, 9.17) is 18.9 Å². The fraction of sp³-hybridized carbons (Fsp3) is 0.949. The summed E-state index contributed by atoms with van der Waals surface area (Å²) in [7, 11) is 0. The monoisotopic (exact) mass is 1240 g/mol. The summed E-state index contributed by atoms with van der Waals surface area (Å²) in [6, 6.07) is 0. The lowest BCUT2D eigenvalue weighted by atomic mass is 9.32. The molecule has 0 aromatic heterocycles. The molecule has 12 heteroatoms. The maximum Gasteiger partial charge on any atom is 0.312 e. The van der Waals surface area contributed by atoms with Crippen molar-refractivity contribution in [1.82, 2.24) is 0 Å². The summed E-state index contributed by atoms with van der Waals surface area (Å²) < 4.78 is 25.2. The molecule has 10 unspecified atom stereocenters. The van der Waals surface area contributed by atoms with Gasteiger partial charge in [-0.2, -0.15) is 0 Å². The summed E-state index contributed by atoms with van der Waals surface area (Å²) in [6.07, 6.45) is 29.6. The van der Waals surface area contributed by atoms with Gasteiger partial charge in [0.1, 0.15) is 22.4 Å². The average Bonchev–Trinajstić information content (AvgIpc) is 0.606. The van der Waals surface area contributed by atoms with Crippen LogP contribution >= 0.6 is 0 Å². The average molecular weight is 1250 g/mol. The first-order chi connectivity index (χ1) is 42.5. The van der Waals surface area contributed by atoms with Crippen molar-refractivity contribution >= 4 is 23.9 Å². The van der Waals surface area contributed by atoms with Crippen molar-refractivity contribution in [3.63, 3.8) is 0 Å². The Morgan fingerprint density at radius 3 is 0.922 bits per heavy atom. The summed E-state index contributed by atoms with van der Waals surface area (Å²) in [6.45, 7) is 20.3. The molecule has 0 radical (unpaired) electrons. The van der Waals surface area contributed by atoms with E-state index in [1.54, 1.807) is 0 Å². The lowest BCUT2D eigenvalue weighted by Crippen LogP contribution is -2.78. The fourth-order valence-electron chi connectivity index (χ4n) is 29.9. The number of esters is 4. The minimum atomic E-state index is -0.427. The normalized spacial score (nSPS) is 56.8. The molecule has 10 atom stereocenters. The highest BCUT2D eigenvalue weighted by atomic mass is 16.6. The van der Waals surface area contributed by atoms with Gasteiger partial charge >= 0.3 is 23.9 Å². The highest BCUT2D eigenvalue weighted by molar-refractivity contribution is 5.77. The molecule has 0 saturated heterocycles. The number of carbonyl (C=O) groups is 4. The van der Waals surface area contributed by atoms with Crippen LogP contribution in [0.1, 0.15) is 249 Å². The Bertz CT molecular complexity index is 2780. The Morgan fingerprint density at radius 1 is 0.356 bits per heavy atom. The predicted octanol–water partition coefficient (Wildman–Crippen LogP) is 13.4. The Balaban J connectivity index is 0.0000000925. The molecule has 28 aliphatic carbocycles. The van der Waals surface area contributed by atoms with Gasteiger partial charge in [0.15, 0.2) is 0 Å². The third-order valence-corrected chi connectivity index (χ3v) is 34.2. The summed E-state index contributed by atoms with van der Waals surface area (Å²) >= 11 is 0. The minimum Gasteiger partial charge on any atom is -0.459 e. The van der Waals surface area contributed by atoms with E-state index in [-0.39, 0.29) is 74.7 Å². The molecular formula is C78H116O12. The molecule has 0 aromatic carbocycles. The maximum atomic E-state index is 12.9. The zero-order valence-corrected chi connectivity index (χ0v) is 56.9. The molecule has 28 rings (SSSR count). The summed E-state index contributed by atoms with van der Waals surface area (Å²) in [4.78, 5) is 50.6. The van der Waals surface area contributed by atoms with Gasteiger partial charge in [0.25, 0.3) is 0 Å². The van der Waals surface area contributed by atoms with Gasteiger partial charge in [-0.15, -0.1) is 0 Å². The molecule has 28 saturated carbocycles. The van der Waals surface area contributed by atoms with Gasteiger partial charge in [-0.05, 0) is 326 Å². The van der Waals surface area contributed by atoms with Crippen LogP contribution in [0.2, 0.25) is 0 Å². The lowest BCUT2D eigenvalue weighted by Gasteiger charge is -2.75. The molecule has 28 fully saturated rings. The fourth-order valence-corrected chi connectivity index (χ4v) is 29.9. The molecule has 500 valence electrons. The van der Waals surface area contributed by atoms with Crippen molar-refractivity contribution in [2.24, 2.45) is 165 Å². The second-order valence-corrected chi connectivity index (χ2v) is 38.9. The Labute approximate surface area is 538 Å². The number of hydrogen-bond acceptors (Lipinski definition) is 12. The smallest absolute Gasteiger partial charge is 0.312 e. The molecule has 0 spiro atoms. The molecule has 0 heterocycles. The van der Waals surface area contributed by atoms with Gasteiger partial charge in [-0.3, -0.25) is 19.2 Å². The SMILES string of the molecule is CCC(C)(C)C(=O)OC12CC3C4CC5(O)CC3C(C1)C(C5)C4C2.CCC(C)(C)C(=O)OC12CC3CC4C1CC1CC2C(C3)C4(O)C1.CCC(C)C(=O)OC12CC3C4CC5(O)CC3C(C1)C(C5)C4C2.CCC(C)C(=O)OC12CC3CC4C1CC1CC2C(C3)C4(O)C1. The number of carbonyl (C=O) groups excluding carboxylic acids is 4. The van der Waals surface area contributed by atoms with Gasteiger partial charge in [0, 0.05) is 23.7 Å². The third-order valence-electron chi connectivity index (χ3n) is 34.2. The van der Waals surface area contributed by atoms with Crippen LogP contribution in [0.15, 0.2) is 0 Å². The largest absolute Gasteiger partial charge is 0.459 e.